The van der Waals surface area contributed by atoms with Gasteiger partial charge in [-0.2, -0.15) is 0 Å². The van der Waals surface area contributed by atoms with Crippen molar-refractivity contribution in [1.29, 1.82) is 0 Å². The fourth-order valence-corrected chi connectivity index (χ4v) is 1.43. The van der Waals surface area contributed by atoms with E-state index in [1.807, 2.05) is 45.0 Å². The van der Waals surface area contributed by atoms with Crippen LogP contribution in [0.15, 0.2) is 17.1 Å². The zero-order chi connectivity index (χ0) is 13.5. The largest absolute Gasteiger partial charge is 0.481 e. The smallest absolute Gasteiger partial charge is 0.149 e. The highest BCUT2D eigenvalue weighted by Crippen LogP contribution is 2.27. The van der Waals surface area contributed by atoms with E-state index in [9.17, 15) is 0 Å². The Balaban J connectivity index is 2.92. The standard InChI is InChI=1S/C15H20N2O/c1-6-7-8-18-15-10-12(2)14(9-13(15)3)16-11-17(4)5/h9-11H,8H2,1-5H3/b16-11+. The van der Waals surface area contributed by atoms with Gasteiger partial charge in [0, 0.05) is 14.1 Å². The molecule has 0 unspecified atom stereocenters. The number of aryl methyl sites for hydroxylation is 2. The Morgan fingerprint density at radius 2 is 2.00 bits per heavy atom. The summed E-state index contributed by atoms with van der Waals surface area (Å²) < 4.78 is 5.60. The van der Waals surface area contributed by atoms with Crippen LogP contribution in [0.1, 0.15) is 18.1 Å². The van der Waals surface area contributed by atoms with E-state index in [2.05, 4.69) is 16.8 Å². The second kappa shape index (κ2) is 6.70. The molecule has 1 aromatic carbocycles. The highest BCUT2D eigenvalue weighted by molar-refractivity contribution is 5.64. The van der Waals surface area contributed by atoms with Crippen molar-refractivity contribution in [3.63, 3.8) is 0 Å². The molecule has 0 spiro atoms. The molecule has 0 bridgehead atoms. The first-order valence-electron chi connectivity index (χ1n) is 5.89. The van der Waals surface area contributed by atoms with E-state index in [-0.39, 0.29) is 0 Å². The molecule has 0 fully saturated rings. The highest BCUT2D eigenvalue weighted by Gasteiger charge is 2.04. The first-order valence-corrected chi connectivity index (χ1v) is 5.89. The number of ether oxygens (including phenoxy) is 1. The molecule has 0 N–H and O–H groups in total. The lowest BCUT2D eigenvalue weighted by molar-refractivity contribution is 0.367. The van der Waals surface area contributed by atoms with Gasteiger partial charge in [0.25, 0.3) is 0 Å². The Hall–Kier alpha value is -1.95. The van der Waals surface area contributed by atoms with Crippen LogP contribution in [-0.4, -0.2) is 31.9 Å². The van der Waals surface area contributed by atoms with Crippen molar-refractivity contribution in [2.75, 3.05) is 20.7 Å². The van der Waals surface area contributed by atoms with Crippen molar-refractivity contribution < 1.29 is 4.74 Å². The topological polar surface area (TPSA) is 24.8 Å². The van der Waals surface area contributed by atoms with E-state index in [1.54, 1.807) is 13.3 Å². The van der Waals surface area contributed by atoms with E-state index in [0.29, 0.717) is 6.61 Å². The summed E-state index contributed by atoms with van der Waals surface area (Å²) in [5, 5.41) is 0. The van der Waals surface area contributed by atoms with Gasteiger partial charge in [0.15, 0.2) is 0 Å². The minimum Gasteiger partial charge on any atom is -0.481 e. The molecule has 1 aromatic rings. The highest BCUT2D eigenvalue weighted by atomic mass is 16.5. The van der Waals surface area contributed by atoms with Gasteiger partial charge in [-0.25, -0.2) is 4.99 Å². The predicted molar refractivity (Wildman–Crippen MR) is 76.7 cm³/mol. The molecule has 0 aliphatic heterocycles. The number of hydrogen-bond donors (Lipinski definition) is 0. The molecule has 0 atom stereocenters. The average Bonchev–Trinajstić information content (AvgIpc) is 2.31. The predicted octanol–water partition coefficient (Wildman–Crippen LogP) is 2.93. The summed E-state index contributed by atoms with van der Waals surface area (Å²) >= 11 is 0. The summed E-state index contributed by atoms with van der Waals surface area (Å²) in [6, 6.07) is 4.04. The normalized spacial score (nSPS) is 10.1. The molecule has 3 heteroatoms. The van der Waals surface area contributed by atoms with Gasteiger partial charge in [-0.1, -0.05) is 5.92 Å². The van der Waals surface area contributed by atoms with Gasteiger partial charge < -0.3 is 9.64 Å². The number of rotatable bonds is 4. The van der Waals surface area contributed by atoms with Crippen LogP contribution in [0.4, 0.5) is 5.69 Å². The van der Waals surface area contributed by atoms with Crippen molar-refractivity contribution in [1.82, 2.24) is 4.90 Å². The van der Waals surface area contributed by atoms with Crippen LogP contribution in [0.3, 0.4) is 0 Å². The molecule has 96 valence electrons. The molecule has 0 amide bonds. The maximum atomic E-state index is 5.60. The molecule has 0 saturated heterocycles. The van der Waals surface area contributed by atoms with Crippen molar-refractivity contribution in [3.05, 3.63) is 23.3 Å². The van der Waals surface area contributed by atoms with Crippen LogP contribution < -0.4 is 4.74 Å². The Morgan fingerprint density at radius 1 is 1.28 bits per heavy atom. The fourth-order valence-electron chi connectivity index (χ4n) is 1.43. The van der Waals surface area contributed by atoms with E-state index < -0.39 is 0 Å². The maximum absolute atomic E-state index is 5.60. The minimum atomic E-state index is 0.428. The number of benzene rings is 1. The van der Waals surface area contributed by atoms with Gasteiger partial charge in [-0.3, -0.25) is 0 Å². The molecule has 0 aliphatic carbocycles. The summed E-state index contributed by atoms with van der Waals surface area (Å²) in [5.41, 5.74) is 3.14. The molecule has 0 saturated carbocycles. The Labute approximate surface area is 109 Å². The van der Waals surface area contributed by atoms with Gasteiger partial charge in [0.05, 0.1) is 12.0 Å². The van der Waals surface area contributed by atoms with E-state index in [0.717, 1.165) is 22.6 Å². The van der Waals surface area contributed by atoms with Crippen LogP contribution in [0.5, 0.6) is 5.75 Å². The third-order valence-corrected chi connectivity index (χ3v) is 2.40. The number of aliphatic imine (C=N–C) groups is 1. The van der Waals surface area contributed by atoms with Gasteiger partial charge in [0.2, 0.25) is 0 Å². The van der Waals surface area contributed by atoms with Crippen LogP contribution in [0, 0.1) is 25.7 Å². The van der Waals surface area contributed by atoms with Crippen molar-refractivity contribution in [3.8, 4) is 17.6 Å². The lowest BCUT2D eigenvalue weighted by atomic mass is 10.1. The first kappa shape index (κ1) is 14.1. The average molecular weight is 244 g/mol. The number of hydrogen-bond acceptors (Lipinski definition) is 2. The molecule has 0 aliphatic rings. The fraction of sp³-hybridized carbons (Fsp3) is 0.400. The molecule has 1 rings (SSSR count). The summed E-state index contributed by atoms with van der Waals surface area (Å²) in [6.07, 6.45) is 1.80. The van der Waals surface area contributed by atoms with Crippen molar-refractivity contribution >= 4 is 12.0 Å². The molecule has 3 nitrogen and oxygen atoms in total. The van der Waals surface area contributed by atoms with Crippen LogP contribution in [0.25, 0.3) is 0 Å². The lowest BCUT2D eigenvalue weighted by Gasteiger charge is -2.10. The maximum Gasteiger partial charge on any atom is 0.149 e. The third-order valence-electron chi connectivity index (χ3n) is 2.40. The van der Waals surface area contributed by atoms with Crippen LogP contribution in [-0.2, 0) is 0 Å². The van der Waals surface area contributed by atoms with Gasteiger partial charge >= 0.3 is 0 Å². The van der Waals surface area contributed by atoms with Gasteiger partial charge in [-0.05, 0) is 44.0 Å². The molecule has 0 aromatic heterocycles. The van der Waals surface area contributed by atoms with Crippen molar-refractivity contribution in [2.24, 2.45) is 4.99 Å². The zero-order valence-corrected chi connectivity index (χ0v) is 11.7. The third kappa shape index (κ3) is 4.14. The quantitative estimate of drug-likeness (QED) is 0.462. The second-order valence-corrected chi connectivity index (χ2v) is 4.33. The minimum absolute atomic E-state index is 0.428. The van der Waals surface area contributed by atoms with Crippen LogP contribution in [0.2, 0.25) is 0 Å². The monoisotopic (exact) mass is 244 g/mol. The molecular formula is C15H20N2O. The molecular weight excluding hydrogens is 224 g/mol. The van der Waals surface area contributed by atoms with Crippen LogP contribution >= 0.6 is 0 Å². The summed E-state index contributed by atoms with van der Waals surface area (Å²) in [4.78, 5) is 6.33. The lowest BCUT2D eigenvalue weighted by Crippen LogP contribution is -2.07. The molecule has 0 radical (unpaired) electrons. The Morgan fingerprint density at radius 3 is 2.61 bits per heavy atom. The summed E-state index contributed by atoms with van der Waals surface area (Å²) in [6.45, 7) is 6.28. The van der Waals surface area contributed by atoms with Gasteiger partial charge in [0.1, 0.15) is 12.4 Å². The van der Waals surface area contributed by atoms with E-state index in [1.165, 1.54) is 0 Å². The summed E-state index contributed by atoms with van der Waals surface area (Å²) in [5.74, 6) is 6.58. The van der Waals surface area contributed by atoms with Gasteiger partial charge in [-0.15, -0.1) is 5.92 Å². The Bertz CT molecular complexity index is 493. The molecule has 0 heterocycles. The zero-order valence-electron chi connectivity index (χ0n) is 11.7. The van der Waals surface area contributed by atoms with E-state index in [4.69, 9.17) is 4.74 Å². The molecule has 18 heavy (non-hydrogen) atoms. The van der Waals surface area contributed by atoms with E-state index >= 15 is 0 Å². The Kier molecular flexibility index (Phi) is 5.26. The number of nitrogens with zero attached hydrogens (tertiary/aromatic N) is 2. The van der Waals surface area contributed by atoms with Crippen molar-refractivity contribution in [2.45, 2.75) is 20.8 Å². The summed E-state index contributed by atoms with van der Waals surface area (Å²) in [7, 11) is 3.90. The SMILES string of the molecule is CC#CCOc1cc(C)c(/N=C/N(C)C)cc1C. The first-order chi connectivity index (χ1) is 8.54. The second-order valence-electron chi connectivity index (χ2n) is 4.33.